The molecule has 1 aliphatic heterocycles. The van der Waals surface area contributed by atoms with E-state index in [0.29, 0.717) is 0 Å². The van der Waals surface area contributed by atoms with Gasteiger partial charge in [-0.1, -0.05) is 17.8 Å². The summed E-state index contributed by atoms with van der Waals surface area (Å²) in [5.41, 5.74) is 10.2. The standard InChI is InChI=1S/C13H12N2S/c1-8-2-4-10-12(6-8)16-13-7-9(14)3-5-11(13)15-10/h2-7,15H,14H2,1H3. The number of nitrogen functional groups attached to an aromatic ring is 1. The van der Waals surface area contributed by atoms with Gasteiger partial charge in [-0.05, 0) is 42.8 Å². The van der Waals surface area contributed by atoms with Gasteiger partial charge in [0.05, 0.1) is 11.4 Å². The summed E-state index contributed by atoms with van der Waals surface area (Å²) in [5.74, 6) is 0. The van der Waals surface area contributed by atoms with Crippen LogP contribution in [-0.2, 0) is 0 Å². The van der Waals surface area contributed by atoms with Gasteiger partial charge in [-0.15, -0.1) is 0 Å². The molecule has 0 aliphatic carbocycles. The van der Waals surface area contributed by atoms with Crippen molar-refractivity contribution >= 4 is 28.8 Å². The number of benzene rings is 2. The average molecular weight is 228 g/mol. The Bertz CT molecular complexity index is 514. The van der Waals surface area contributed by atoms with Crippen molar-refractivity contribution in [3.63, 3.8) is 0 Å². The molecule has 2 nitrogen and oxygen atoms in total. The van der Waals surface area contributed by atoms with Gasteiger partial charge in [-0.2, -0.15) is 0 Å². The monoisotopic (exact) mass is 228 g/mol. The summed E-state index contributed by atoms with van der Waals surface area (Å²) in [6, 6.07) is 12.4. The highest BCUT2D eigenvalue weighted by Gasteiger charge is 2.15. The fraction of sp³-hybridized carbons (Fsp3) is 0.0769. The minimum Gasteiger partial charge on any atom is -0.399 e. The fourth-order valence-electron chi connectivity index (χ4n) is 1.81. The predicted octanol–water partition coefficient (Wildman–Crippen LogP) is 3.79. The number of hydrogen-bond donors (Lipinski definition) is 2. The van der Waals surface area contributed by atoms with Crippen molar-refractivity contribution in [3.8, 4) is 0 Å². The van der Waals surface area contributed by atoms with Gasteiger partial charge >= 0.3 is 0 Å². The summed E-state index contributed by atoms with van der Waals surface area (Å²) in [7, 11) is 0. The Morgan fingerprint density at radius 1 is 1.00 bits per heavy atom. The van der Waals surface area contributed by atoms with E-state index in [4.69, 9.17) is 5.73 Å². The molecule has 0 saturated heterocycles. The van der Waals surface area contributed by atoms with Crippen molar-refractivity contribution in [2.45, 2.75) is 16.7 Å². The van der Waals surface area contributed by atoms with E-state index in [2.05, 4.69) is 30.4 Å². The molecule has 0 atom stereocenters. The summed E-state index contributed by atoms with van der Waals surface area (Å²) in [6.07, 6.45) is 0. The van der Waals surface area contributed by atoms with E-state index in [9.17, 15) is 0 Å². The molecule has 0 aromatic heterocycles. The van der Waals surface area contributed by atoms with E-state index in [1.807, 2.05) is 18.2 Å². The van der Waals surface area contributed by atoms with Crippen LogP contribution in [0, 0.1) is 6.92 Å². The SMILES string of the molecule is Cc1ccc2c(c1)Sc1cc(N)ccc1N2. The predicted molar refractivity (Wildman–Crippen MR) is 69.4 cm³/mol. The van der Waals surface area contributed by atoms with Crippen LogP contribution in [0.15, 0.2) is 46.2 Å². The number of nitrogens with two attached hydrogens (primary N) is 1. The summed E-state index contributed by atoms with van der Waals surface area (Å²) >= 11 is 1.77. The summed E-state index contributed by atoms with van der Waals surface area (Å²) in [5, 5.41) is 3.42. The number of hydrogen-bond acceptors (Lipinski definition) is 3. The molecule has 1 heterocycles. The number of aryl methyl sites for hydroxylation is 1. The van der Waals surface area contributed by atoms with E-state index >= 15 is 0 Å². The van der Waals surface area contributed by atoms with Crippen LogP contribution in [0.2, 0.25) is 0 Å². The molecule has 0 saturated carbocycles. The van der Waals surface area contributed by atoms with Crippen molar-refractivity contribution < 1.29 is 0 Å². The second kappa shape index (κ2) is 3.46. The van der Waals surface area contributed by atoms with Crippen molar-refractivity contribution in [3.05, 3.63) is 42.0 Å². The Balaban J connectivity index is 2.10. The first-order chi connectivity index (χ1) is 7.72. The van der Waals surface area contributed by atoms with Crippen molar-refractivity contribution in [2.24, 2.45) is 0 Å². The number of rotatable bonds is 0. The molecule has 0 radical (unpaired) electrons. The van der Waals surface area contributed by atoms with Gasteiger partial charge in [-0.25, -0.2) is 0 Å². The molecule has 0 fully saturated rings. The van der Waals surface area contributed by atoms with Gasteiger partial charge in [0.2, 0.25) is 0 Å². The van der Waals surface area contributed by atoms with Crippen molar-refractivity contribution in [1.29, 1.82) is 0 Å². The number of anilines is 3. The first-order valence-corrected chi connectivity index (χ1v) is 5.99. The zero-order valence-electron chi connectivity index (χ0n) is 8.95. The first-order valence-electron chi connectivity index (χ1n) is 5.17. The molecule has 3 heteroatoms. The summed E-state index contributed by atoms with van der Waals surface area (Å²) in [6.45, 7) is 2.11. The molecule has 0 amide bonds. The van der Waals surface area contributed by atoms with E-state index < -0.39 is 0 Å². The average Bonchev–Trinajstić information content (AvgIpc) is 2.26. The third kappa shape index (κ3) is 1.53. The van der Waals surface area contributed by atoms with Gasteiger partial charge in [0, 0.05) is 15.5 Å². The molecule has 80 valence electrons. The van der Waals surface area contributed by atoms with Crippen LogP contribution in [0.4, 0.5) is 17.1 Å². The molecule has 3 N–H and O–H groups in total. The highest BCUT2D eigenvalue weighted by molar-refractivity contribution is 7.99. The molecule has 1 aliphatic rings. The van der Waals surface area contributed by atoms with E-state index in [-0.39, 0.29) is 0 Å². The molecule has 0 spiro atoms. The highest BCUT2D eigenvalue weighted by Crippen LogP contribution is 2.44. The Kier molecular flexibility index (Phi) is 2.07. The topological polar surface area (TPSA) is 38.0 Å². The van der Waals surface area contributed by atoms with E-state index in [1.54, 1.807) is 11.8 Å². The number of fused-ring (bicyclic) bond motifs is 2. The second-order valence-electron chi connectivity index (χ2n) is 3.98. The molecule has 2 aromatic carbocycles. The molecule has 3 rings (SSSR count). The second-order valence-corrected chi connectivity index (χ2v) is 5.07. The lowest BCUT2D eigenvalue weighted by Gasteiger charge is -2.21. The summed E-state index contributed by atoms with van der Waals surface area (Å²) < 4.78 is 0. The smallest absolute Gasteiger partial charge is 0.0527 e. The Morgan fingerprint density at radius 3 is 2.50 bits per heavy atom. The van der Waals surface area contributed by atoms with Crippen LogP contribution in [0.3, 0.4) is 0 Å². The molecule has 0 bridgehead atoms. The maximum Gasteiger partial charge on any atom is 0.0527 e. The van der Waals surface area contributed by atoms with Crippen LogP contribution >= 0.6 is 11.8 Å². The zero-order chi connectivity index (χ0) is 11.1. The van der Waals surface area contributed by atoms with Gasteiger partial charge in [0.15, 0.2) is 0 Å². The molecular formula is C13H12N2S. The van der Waals surface area contributed by atoms with Crippen LogP contribution in [-0.4, -0.2) is 0 Å². The molecule has 2 aromatic rings. The Hall–Kier alpha value is -1.61. The van der Waals surface area contributed by atoms with Crippen molar-refractivity contribution in [2.75, 3.05) is 11.1 Å². The normalized spacial score (nSPS) is 12.6. The first kappa shape index (κ1) is 9.60. The van der Waals surface area contributed by atoms with Crippen LogP contribution < -0.4 is 11.1 Å². The maximum atomic E-state index is 5.79. The highest BCUT2D eigenvalue weighted by atomic mass is 32.2. The van der Waals surface area contributed by atoms with E-state index in [0.717, 1.165) is 11.4 Å². The van der Waals surface area contributed by atoms with Crippen molar-refractivity contribution in [1.82, 2.24) is 0 Å². The van der Waals surface area contributed by atoms with Gasteiger partial charge in [0.1, 0.15) is 0 Å². The fourth-order valence-corrected chi connectivity index (χ4v) is 2.94. The molecule has 16 heavy (non-hydrogen) atoms. The molecule has 0 unspecified atom stereocenters. The molecular weight excluding hydrogens is 216 g/mol. The third-order valence-electron chi connectivity index (χ3n) is 2.63. The van der Waals surface area contributed by atoms with E-state index in [1.165, 1.54) is 21.0 Å². The van der Waals surface area contributed by atoms with Gasteiger partial charge in [-0.3, -0.25) is 0 Å². The Morgan fingerprint density at radius 2 is 1.69 bits per heavy atom. The van der Waals surface area contributed by atoms with Crippen LogP contribution in [0.1, 0.15) is 5.56 Å². The number of nitrogens with one attached hydrogen (secondary N) is 1. The lowest BCUT2D eigenvalue weighted by Crippen LogP contribution is -2.00. The Labute approximate surface area is 98.9 Å². The maximum absolute atomic E-state index is 5.79. The quantitative estimate of drug-likeness (QED) is 0.575. The minimum atomic E-state index is 0.809. The zero-order valence-corrected chi connectivity index (χ0v) is 9.77. The third-order valence-corrected chi connectivity index (χ3v) is 3.75. The largest absolute Gasteiger partial charge is 0.399 e. The lowest BCUT2D eigenvalue weighted by atomic mass is 10.2. The van der Waals surface area contributed by atoms with Gasteiger partial charge < -0.3 is 11.1 Å². The van der Waals surface area contributed by atoms with Gasteiger partial charge in [0.25, 0.3) is 0 Å². The lowest BCUT2D eigenvalue weighted by molar-refractivity contribution is 1.29. The van der Waals surface area contributed by atoms with Crippen LogP contribution in [0.25, 0.3) is 0 Å². The minimum absolute atomic E-state index is 0.809. The summed E-state index contributed by atoms with van der Waals surface area (Å²) in [4.78, 5) is 2.45. The van der Waals surface area contributed by atoms with Crippen LogP contribution in [0.5, 0.6) is 0 Å².